The minimum absolute atomic E-state index is 0.157. The summed E-state index contributed by atoms with van der Waals surface area (Å²) < 4.78 is 7.58. The van der Waals surface area contributed by atoms with Crippen LogP contribution in [-0.4, -0.2) is 75.7 Å². The standard InChI is InChI=1S/C18H24N5O3/c1-3-4-9-23-16(24)14-15(20(2)18(23)25)19-17-21(8-6-10-22(14)17)12-13-7-5-11-26-13/h5,7,11,14H,3-4,6,8-10,12H2,1-2H3/q+1. The summed E-state index contributed by atoms with van der Waals surface area (Å²) in [5, 5.41) is 0. The van der Waals surface area contributed by atoms with Crippen LogP contribution in [0.25, 0.3) is 0 Å². The van der Waals surface area contributed by atoms with Crippen LogP contribution in [-0.2, 0) is 11.3 Å². The third kappa shape index (κ3) is 2.60. The molecular formula is C18H24N5O3+. The largest absolute Gasteiger partial charge is 0.466 e. The lowest BCUT2D eigenvalue weighted by molar-refractivity contribution is -0.556. The molecule has 26 heavy (non-hydrogen) atoms. The fourth-order valence-electron chi connectivity index (χ4n) is 3.78. The van der Waals surface area contributed by atoms with Gasteiger partial charge in [-0.15, -0.1) is 0 Å². The molecule has 4 rings (SSSR count). The topological polar surface area (TPSA) is 72.4 Å². The lowest BCUT2D eigenvalue weighted by Crippen LogP contribution is -2.64. The number of fused-ring (bicyclic) bond motifs is 3. The maximum atomic E-state index is 13.1. The number of guanidine groups is 1. The van der Waals surface area contributed by atoms with Crippen LogP contribution in [0.3, 0.4) is 0 Å². The Morgan fingerprint density at radius 1 is 1.38 bits per heavy atom. The van der Waals surface area contributed by atoms with Gasteiger partial charge in [-0.2, -0.15) is 0 Å². The highest BCUT2D eigenvalue weighted by molar-refractivity contribution is 6.25. The molecule has 1 aromatic heterocycles. The number of hydrogen-bond donors (Lipinski definition) is 0. The Morgan fingerprint density at radius 3 is 2.96 bits per heavy atom. The molecule has 1 atom stereocenters. The number of carbonyl (C=O) groups is 2. The average Bonchev–Trinajstić information content (AvgIpc) is 3.28. The normalized spacial score (nSPS) is 22.8. The van der Waals surface area contributed by atoms with E-state index in [9.17, 15) is 9.59 Å². The number of imide groups is 1. The number of urea groups is 1. The molecule has 0 bridgehead atoms. The predicted octanol–water partition coefficient (Wildman–Crippen LogP) is 1.33. The van der Waals surface area contributed by atoms with E-state index in [1.165, 1.54) is 9.80 Å². The van der Waals surface area contributed by atoms with Crippen molar-refractivity contribution < 1.29 is 18.6 Å². The van der Waals surface area contributed by atoms with E-state index < -0.39 is 6.04 Å². The van der Waals surface area contributed by atoms with Crippen molar-refractivity contribution in [2.24, 2.45) is 4.99 Å². The second kappa shape index (κ2) is 6.59. The van der Waals surface area contributed by atoms with Gasteiger partial charge in [0.25, 0.3) is 5.91 Å². The maximum Gasteiger partial charge on any atom is 0.392 e. The molecule has 0 saturated carbocycles. The zero-order valence-corrected chi connectivity index (χ0v) is 15.2. The van der Waals surface area contributed by atoms with Gasteiger partial charge in [0, 0.05) is 20.0 Å². The Morgan fingerprint density at radius 2 is 2.23 bits per heavy atom. The zero-order chi connectivity index (χ0) is 18.3. The summed E-state index contributed by atoms with van der Waals surface area (Å²) in [5.41, 5.74) is 0. The Hall–Kier alpha value is -2.64. The predicted molar refractivity (Wildman–Crippen MR) is 94.9 cm³/mol. The SMILES string of the molecule is CCCCN1C(=O)C2C(=NC3=[N+](Cc4ccco4)CCCN32)N(C)C1=O. The number of unbranched alkanes of at least 4 members (excludes halogenated alkanes) is 1. The number of rotatable bonds is 5. The molecule has 0 spiro atoms. The lowest BCUT2D eigenvalue weighted by Gasteiger charge is -2.35. The maximum absolute atomic E-state index is 13.1. The summed E-state index contributed by atoms with van der Waals surface area (Å²) in [7, 11) is 1.70. The van der Waals surface area contributed by atoms with Crippen molar-refractivity contribution in [3.05, 3.63) is 24.2 Å². The van der Waals surface area contributed by atoms with Gasteiger partial charge in [0.15, 0.2) is 0 Å². The fraction of sp³-hybridized carbons (Fsp3) is 0.556. The van der Waals surface area contributed by atoms with Crippen LogP contribution in [0.15, 0.2) is 27.8 Å². The molecule has 1 unspecified atom stereocenters. The fourth-order valence-corrected chi connectivity index (χ4v) is 3.78. The zero-order valence-electron chi connectivity index (χ0n) is 15.2. The Labute approximate surface area is 152 Å². The molecule has 3 amide bonds. The van der Waals surface area contributed by atoms with Crippen LogP contribution >= 0.6 is 0 Å². The second-order valence-corrected chi connectivity index (χ2v) is 6.91. The van der Waals surface area contributed by atoms with Gasteiger partial charge in [-0.3, -0.25) is 19.2 Å². The number of amides is 3. The highest BCUT2D eigenvalue weighted by atomic mass is 16.3. The van der Waals surface area contributed by atoms with Gasteiger partial charge in [0.2, 0.25) is 11.9 Å². The van der Waals surface area contributed by atoms with Gasteiger partial charge < -0.3 is 4.42 Å². The van der Waals surface area contributed by atoms with E-state index in [-0.39, 0.29) is 11.9 Å². The Bertz CT molecular complexity index is 783. The number of nitrogens with zero attached hydrogens (tertiary/aromatic N) is 5. The van der Waals surface area contributed by atoms with Crippen molar-refractivity contribution in [3.8, 4) is 0 Å². The molecule has 138 valence electrons. The van der Waals surface area contributed by atoms with Gasteiger partial charge in [-0.1, -0.05) is 18.3 Å². The third-order valence-electron chi connectivity index (χ3n) is 5.16. The van der Waals surface area contributed by atoms with E-state index in [4.69, 9.17) is 9.41 Å². The second-order valence-electron chi connectivity index (χ2n) is 6.91. The van der Waals surface area contributed by atoms with Crippen molar-refractivity contribution in [2.75, 3.05) is 26.7 Å². The van der Waals surface area contributed by atoms with E-state index in [1.807, 2.05) is 24.0 Å². The molecule has 1 saturated heterocycles. The lowest BCUT2D eigenvalue weighted by atomic mass is 10.1. The van der Waals surface area contributed by atoms with Crippen LogP contribution < -0.4 is 0 Å². The smallest absolute Gasteiger partial charge is 0.392 e. The van der Waals surface area contributed by atoms with Crippen molar-refractivity contribution in [1.82, 2.24) is 14.7 Å². The van der Waals surface area contributed by atoms with Gasteiger partial charge in [0.05, 0.1) is 19.4 Å². The van der Waals surface area contributed by atoms with E-state index in [0.29, 0.717) is 18.9 Å². The molecule has 1 fully saturated rings. The van der Waals surface area contributed by atoms with Crippen molar-refractivity contribution >= 4 is 23.7 Å². The average molecular weight is 358 g/mol. The first-order valence-electron chi connectivity index (χ1n) is 9.20. The van der Waals surface area contributed by atoms with E-state index in [0.717, 1.165) is 44.1 Å². The van der Waals surface area contributed by atoms with Crippen molar-refractivity contribution in [1.29, 1.82) is 0 Å². The third-order valence-corrected chi connectivity index (χ3v) is 5.16. The number of amidine groups is 1. The molecule has 1 aromatic rings. The summed E-state index contributed by atoms with van der Waals surface area (Å²) in [6.45, 7) is 4.72. The molecule has 3 aliphatic rings. The van der Waals surface area contributed by atoms with Gasteiger partial charge in [0.1, 0.15) is 12.3 Å². The number of likely N-dealkylation sites (N-methyl/N-ethyl adjacent to an activating group) is 1. The number of hydrogen-bond acceptors (Lipinski definition) is 5. The highest BCUT2D eigenvalue weighted by Gasteiger charge is 2.56. The summed E-state index contributed by atoms with van der Waals surface area (Å²) in [6.07, 6.45) is 4.34. The quantitative estimate of drug-likeness (QED) is 0.745. The van der Waals surface area contributed by atoms with Gasteiger partial charge in [-0.05, 0) is 18.6 Å². The van der Waals surface area contributed by atoms with Crippen LogP contribution in [0, 0.1) is 0 Å². The molecule has 0 aromatic carbocycles. The number of aliphatic imine (C=N–C) groups is 1. The first kappa shape index (κ1) is 16.8. The summed E-state index contributed by atoms with van der Waals surface area (Å²) >= 11 is 0. The minimum Gasteiger partial charge on any atom is -0.466 e. The first-order chi connectivity index (χ1) is 12.6. The monoisotopic (exact) mass is 358 g/mol. The Balaban J connectivity index is 1.68. The first-order valence-corrected chi connectivity index (χ1v) is 9.20. The summed E-state index contributed by atoms with van der Waals surface area (Å²) in [5.74, 6) is 2.00. The molecule has 0 aliphatic carbocycles. The summed E-state index contributed by atoms with van der Waals surface area (Å²) in [6, 6.07) is 3.02. The molecule has 0 N–H and O–H groups in total. The van der Waals surface area contributed by atoms with Gasteiger partial charge >= 0.3 is 12.0 Å². The van der Waals surface area contributed by atoms with E-state index in [2.05, 4.69) is 4.58 Å². The summed E-state index contributed by atoms with van der Waals surface area (Å²) in [4.78, 5) is 35.3. The van der Waals surface area contributed by atoms with Crippen LogP contribution in [0.4, 0.5) is 4.79 Å². The van der Waals surface area contributed by atoms with Crippen LogP contribution in [0.2, 0.25) is 0 Å². The van der Waals surface area contributed by atoms with Crippen LogP contribution in [0.1, 0.15) is 31.9 Å². The minimum atomic E-state index is -0.496. The van der Waals surface area contributed by atoms with Crippen LogP contribution in [0.5, 0.6) is 0 Å². The molecule has 0 radical (unpaired) electrons. The highest BCUT2D eigenvalue weighted by Crippen LogP contribution is 2.26. The van der Waals surface area contributed by atoms with Crippen molar-refractivity contribution in [3.63, 3.8) is 0 Å². The number of carbonyl (C=O) groups excluding carboxylic acids is 2. The van der Waals surface area contributed by atoms with E-state index in [1.54, 1.807) is 13.3 Å². The molecule has 3 aliphatic heterocycles. The molecule has 8 heteroatoms. The molecule has 8 nitrogen and oxygen atoms in total. The number of furan rings is 1. The Kier molecular flexibility index (Phi) is 4.26. The van der Waals surface area contributed by atoms with E-state index >= 15 is 0 Å². The molecule has 4 heterocycles. The van der Waals surface area contributed by atoms with Crippen molar-refractivity contribution in [2.45, 2.75) is 38.8 Å². The van der Waals surface area contributed by atoms with Gasteiger partial charge in [-0.25, -0.2) is 9.69 Å². The molecular weight excluding hydrogens is 334 g/mol.